The number of halogens is 9. The molecule has 0 aliphatic carbocycles. The van der Waals surface area contributed by atoms with Crippen LogP contribution >= 0.6 is 0 Å². The van der Waals surface area contributed by atoms with Gasteiger partial charge in [0.2, 0.25) is 0 Å². The molecule has 3 N–H and O–H groups in total. The molecule has 1 aromatic carbocycles. The molecule has 0 unspecified atom stereocenters. The fraction of sp³-hybridized carbons (Fsp3) is 0.684. The minimum atomic E-state index is -4.76. The first-order valence-electron chi connectivity index (χ1n) is 8.76. The molecule has 32 heavy (non-hydrogen) atoms. The average molecular weight is 523 g/mol. The Morgan fingerprint density at radius 1 is 0.625 bits per heavy atom. The topological polar surface area (TPSA) is 60.7 Å². The molecular formula is C19H28F9O3Ti-. The Labute approximate surface area is 196 Å². The van der Waals surface area contributed by atoms with Crippen molar-refractivity contribution in [1.29, 1.82) is 0 Å². The SMILES string of the molecule is CO.CO.Cc1cc[c-]cc1.OC(CCC(F)(F)F)(CCC(F)(F)F)CCC(F)(F)F.[Ti]. The van der Waals surface area contributed by atoms with Gasteiger partial charge in [-0.15, -0.1) is 0 Å². The standard InChI is InChI=1S/C10H13F9O.C7H7.2CH4O.Ti/c11-8(12,13)4-1-7(20,2-5-9(14,15)16)3-6-10(17,18)19;1-7-5-3-2-4-6-7;2*1-2;/h20H,1-6H2;3-6H,1H3;2*2H,1H3;/q;-1;;;. The molecule has 0 aliphatic rings. The van der Waals surface area contributed by atoms with Crippen LogP contribution in [-0.2, 0) is 21.7 Å². The molecule has 0 bridgehead atoms. The predicted octanol–water partition coefficient (Wildman–Crippen LogP) is 5.75. The third-order valence-electron chi connectivity index (χ3n) is 3.51. The first-order valence-corrected chi connectivity index (χ1v) is 8.76. The summed E-state index contributed by atoms with van der Waals surface area (Å²) in [6.07, 6.45) is -22.8. The maximum absolute atomic E-state index is 12.0. The van der Waals surface area contributed by atoms with Gasteiger partial charge in [-0.3, -0.25) is 0 Å². The molecule has 0 aromatic heterocycles. The molecule has 0 saturated heterocycles. The van der Waals surface area contributed by atoms with E-state index in [1.54, 1.807) is 0 Å². The van der Waals surface area contributed by atoms with Crippen LogP contribution in [0.2, 0.25) is 0 Å². The summed E-state index contributed by atoms with van der Waals surface area (Å²) in [5, 5.41) is 23.6. The molecule has 1 aromatic rings. The minimum absolute atomic E-state index is 0. The van der Waals surface area contributed by atoms with E-state index in [0.717, 1.165) is 14.2 Å². The Morgan fingerprint density at radius 2 is 0.875 bits per heavy atom. The van der Waals surface area contributed by atoms with E-state index in [-0.39, 0.29) is 21.7 Å². The second-order valence-electron chi connectivity index (χ2n) is 6.15. The molecule has 0 fully saturated rings. The molecule has 1 rings (SSSR count). The van der Waals surface area contributed by atoms with Crippen molar-refractivity contribution in [3.8, 4) is 0 Å². The Morgan fingerprint density at radius 3 is 1.03 bits per heavy atom. The molecule has 0 amide bonds. The second kappa shape index (κ2) is 18.6. The Balaban J connectivity index is -0.000000270. The summed E-state index contributed by atoms with van der Waals surface area (Å²) in [5.74, 6) is 0. The van der Waals surface area contributed by atoms with E-state index in [4.69, 9.17) is 10.2 Å². The summed E-state index contributed by atoms with van der Waals surface area (Å²) in [6.45, 7) is 2.06. The quantitative estimate of drug-likeness (QED) is 0.253. The van der Waals surface area contributed by atoms with Crippen molar-refractivity contribution in [3.05, 3.63) is 35.9 Å². The van der Waals surface area contributed by atoms with Crippen LogP contribution in [0.4, 0.5) is 39.5 Å². The summed E-state index contributed by atoms with van der Waals surface area (Å²) in [7, 11) is 2.00. The zero-order valence-corrected chi connectivity index (χ0v) is 19.4. The molecule has 0 saturated carbocycles. The summed E-state index contributed by atoms with van der Waals surface area (Å²) in [5.41, 5.74) is -1.35. The number of rotatable bonds is 6. The van der Waals surface area contributed by atoms with E-state index in [1.165, 1.54) is 5.56 Å². The van der Waals surface area contributed by atoms with Gasteiger partial charge in [0.05, 0.1) is 5.60 Å². The van der Waals surface area contributed by atoms with Crippen molar-refractivity contribution in [2.45, 2.75) is 69.6 Å². The third-order valence-corrected chi connectivity index (χ3v) is 3.51. The number of alkyl halides is 9. The van der Waals surface area contributed by atoms with Crippen molar-refractivity contribution >= 4 is 0 Å². The van der Waals surface area contributed by atoms with Crippen LogP contribution in [0, 0.1) is 13.0 Å². The number of hydrogen-bond acceptors (Lipinski definition) is 3. The van der Waals surface area contributed by atoms with E-state index in [9.17, 15) is 44.6 Å². The first kappa shape index (κ1) is 38.4. The zero-order chi connectivity index (χ0) is 25.4. The fourth-order valence-electron chi connectivity index (χ4n) is 1.97. The van der Waals surface area contributed by atoms with Gasteiger partial charge in [0.15, 0.2) is 0 Å². The van der Waals surface area contributed by atoms with Crippen LogP contribution in [0.25, 0.3) is 0 Å². The molecule has 13 heteroatoms. The second-order valence-corrected chi connectivity index (χ2v) is 6.15. The van der Waals surface area contributed by atoms with Gasteiger partial charge in [-0.05, 0) is 19.3 Å². The van der Waals surface area contributed by atoms with Gasteiger partial charge in [-0.25, -0.2) is 0 Å². The molecule has 0 spiro atoms. The molecule has 0 heterocycles. The fourth-order valence-corrected chi connectivity index (χ4v) is 1.97. The van der Waals surface area contributed by atoms with Gasteiger partial charge < -0.3 is 15.3 Å². The Kier molecular flexibility index (Phi) is 22.3. The summed E-state index contributed by atoms with van der Waals surface area (Å²) >= 11 is 0. The van der Waals surface area contributed by atoms with Gasteiger partial charge in [0.25, 0.3) is 0 Å². The van der Waals surface area contributed by atoms with Crippen molar-refractivity contribution in [2.24, 2.45) is 0 Å². The van der Waals surface area contributed by atoms with E-state index in [2.05, 4.69) is 13.0 Å². The van der Waals surface area contributed by atoms with Gasteiger partial charge in [0.1, 0.15) is 0 Å². The summed E-state index contributed by atoms with van der Waals surface area (Å²) < 4.78 is 108. The third kappa shape index (κ3) is 29.2. The largest absolute Gasteiger partial charge is 0.400 e. The maximum Gasteiger partial charge on any atom is 0.389 e. The van der Waals surface area contributed by atoms with Gasteiger partial charge in [0, 0.05) is 55.2 Å². The molecule has 0 aliphatic heterocycles. The minimum Gasteiger partial charge on any atom is -0.400 e. The van der Waals surface area contributed by atoms with Gasteiger partial charge in [-0.1, -0.05) is 6.92 Å². The number of aryl methyl sites for hydroxylation is 1. The number of aliphatic hydroxyl groups is 3. The summed E-state index contributed by atoms with van der Waals surface area (Å²) in [6, 6.07) is 10.8. The normalized spacial score (nSPS) is 11.5. The number of hydrogen-bond donors (Lipinski definition) is 3. The molecule has 190 valence electrons. The van der Waals surface area contributed by atoms with E-state index in [0.29, 0.717) is 0 Å². The first-order chi connectivity index (χ1) is 14.0. The van der Waals surface area contributed by atoms with Crippen LogP contribution in [0.1, 0.15) is 44.1 Å². The van der Waals surface area contributed by atoms with Crippen molar-refractivity contribution < 1.29 is 76.6 Å². The maximum atomic E-state index is 12.0. The van der Waals surface area contributed by atoms with E-state index in [1.807, 2.05) is 24.3 Å². The average Bonchev–Trinajstić information content (AvgIpc) is 2.66. The van der Waals surface area contributed by atoms with Gasteiger partial charge >= 0.3 is 18.5 Å². The number of aliphatic hydroxyl groups excluding tert-OH is 2. The van der Waals surface area contributed by atoms with Crippen LogP contribution in [0.3, 0.4) is 0 Å². The van der Waals surface area contributed by atoms with Crippen molar-refractivity contribution in [2.75, 3.05) is 14.2 Å². The number of benzene rings is 1. The van der Waals surface area contributed by atoms with Crippen LogP contribution < -0.4 is 0 Å². The van der Waals surface area contributed by atoms with Crippen LogP contribution in [0.5, 0.6) is 0 Å². The molecule has 0 radical (unpaired) electrons. The Bertz CT molecular complexity index is 488. The Hall–Kier alpha value is -0.816. The zero-order valence-electron chi connectivity index (χ0n) is 17.8. The van der Waals surface area contributed by atoms with Crippen molar-refractivity contribution in [1.82, 2.24) is 0 Å². The molecule has 0 atom stereocenters. The predicted molar refractivity (Wildman–Crippen MR) is 97.1 cm³/mol. The smallest absolute Gasteiger partial charge is 0.389 e. The van der Waals surface area contributed by atoms with Crippen LogP contribution in [0.15, 0.2) is 24.3 Å². The van der Waals surface area contributed by atoms with Crippen molar-refractivity contribution in [3.63, 3.8) is 0 Å². The van der Waals surface area contributed by atoms with Crippen LogP contribution in [-0.4, -0.2) is 53.7 Å². The van der Waals surface area contributed by atoms with E-state index >= 15 is 0 Å². The molecule has 3 nitrogen and oxygen atoms in total. The van der Waals surface area contributed by atoms with E-state index < -0.39 is 62.7 Å². The molecular weight excluding hydrogens is 495 g/mol. The van der Waals surface area contributed by atoms with Gasteiger partial charge in [-0.2, -0.15) is 75.4 Å². The summed E-state index contributed by atoms with van der Waals surface area (Å²) in [4.78, 5) is 0. The monoisotopic (exact) mass is 523 g/mol.